The Hall–Kier alpha value is -3.95. The summed E-state index contributed by atoms with van der Waals surface area (Å²) >= 11 is 0. The Morgan fingerprint density at radius 3 is 2.60 bits per heavy atom. The van der Waals surface area contributed by atoms with Crippen LogP contribution in [0.15, 0.2) is 67.0 Å². The summed E-state index contributed by atoms with van der Waals surface area (Å²) in [5.41, 5.74) is 3.54. The van der Waals surface area contributed by atoms with E-state index in [9.17, 15) is 13.6 Å². The van der Waals surface area contributed by atoms with Gasteiger partial charge in [-0.1, -0.05) is 17.6 Å². The third-order valence-electron chi connectivity index (χ3n) is 5.56. The Kier molecular flexibility index (Phi) is 6.73. The molecular formula is C25H25BF2N4O3. The topological polar surface area (TPSA) is 78.3 Å². The average molecular weight is 478 g/mol. The maximum absolute atomic E-state index is 13.5. The van der Waals surface area contributed by atoms with Crippen LogP contribution in [-0.4, -0.2) is 47.6 Å². The molecule has 4 rings (SSSR count). The largest absolute Gasteiger partial charge is 0.484 e. The summed E-state index contributed by atoms with van der Waals surface area (Å²) in [6.07, 6.45) is 2.48. The van der Waals surface area contributed by atoms with Gasteiger partial charge in [0.1, 0.15) is 19.7 Å². The summed E-state index contributed by atoms with van der Waals surface area (Å²) in [4.78, 5) is 16.1. The second kappa shape index (κ2) is 9.73. The number of halogens is 2. The normalized spacial score (nSPS) is 13.3. The summed E-state index contributed by atoms with van der Waals surface area (Å²) in [5, 5.41) is 7.69. The van der Waals surface area contributed by atoms with Crippen LogP contribution < -0.4 is 20.3 Å². The van der Waals surface area contributed by atoms with E-state index in [0.29, 0.717) is 24.1 Å². The molecule has 2 aromatic carbocycles. The van der Waals surface area contributed by atoms with Crippen LogP contribution >= 0.6 is 0 Å². The number of ether oxygens (including phenoxy) is 2. The predicted molar refractivity (Wildman–Crippen MR) is 132 cm³/mol. The Morgan fingerprint density at radius 1 is 1.14 bits per heavy atom. The molecule has 1 amide bonds. The minimum absolute atomic E-state index is 0.397. The SMILES string of the molecule is Bc1cccc(-n2ncc3cc(O[C@H](c4ccc(OC)nc4)C(C)NC(=O)C(C)(F)F)ccc32)c1. The quantitative estimate of drug-likeness (QED) is 0.394. The molecular weight excluding hydrogens is 453 g/mol. The molecule has 1 N–H and O–H groups in total. The maximum atomic E-state index is 13.5. The molecule has 2 atom stereocenters. The van der Waals surface area contributed by atoms with Gasteiger partial charge in [-0.05, 0) is 43.3 Å². The Bertz CT molecular complexity index is 1340. The highest BCUT2D eigenvalue weighted by molar-refractivity contribution is 6.32. The highest BCUT2D eigenvalue weighted by atomic mass is 19.3. The Balaban J connectivity index is 1.64. The molecule has 0 aliphatic rings. The third kappa shape index (κ3) is 5.42. The summed E-state index contributed by atoms with van der Waals surface area (Å²) in [5.74, 6) is -4.00. The minimum Gasteiger partial charge on any atom is -0.484 e. The lowest BCUT2D eigenvalue weighted by Crippen LogP contribution is -2.46. The van der Waals surface area contributed by atoms with Crippen molar-refractivity contribution in [3.8, 4) is 17.3 Å². The molecule has 2 aromatic heterocycles. The minimum atomic E-state index is -3.51. The van der Waals surface area contributed by atoms with Crippen LogP contribution in [0.4, 0.5) is 8.78 Å². The Labute approximate surface area is 202 Å². The van der Waals surface area contributed by atoms with Crippen molar-refractivity contribution in [1.82, 2.24) is 20.1 Å². The fraction of sp³-hybridized carbons (Fsp3) is 0.240. The number of nitrogens with zero attached hydrogens (tertiary/aromatic N) is 3. The van der Waals surface area contributed by atoms with Gasteiger partial charge in [-0.3, -0.25) is 4.79 Å². The number of fused-ring (bicyclic) bond motifs is 1. The van der Waals surface area contributed by atoms with E-state index in [1.54, 1.807) is 31.3 Å². The molecule has 10 heteroatoms. The van der Waals surface area contributed by atoms with Crippen LogP contribution in [0.3, 0.4) is 0 Å². The van der Waals surface area contributed by atoms with Crippen LogP contribution in [0, 0.1) is 0 Å². The van der Waals surface area contributed by atoms with Crippen LogP contribution in [0.5, 0.6) is 11.6 Å². The molecule has 0 saturated heterocycles. The van der Waals surface area contributed by atoms with Gasteiger partial charge in [0.25, 0.3) is 5.91 Å². The lowest BCUT2D eigenvalue weighted by Gasteiger charge is -2.27. The van der Waals surface area contributed by atoms with Crippen molar-refractivity contribution in [2.24, 2.45) is 0 Å². The van der Waals surface area contributed by atoms with Crippen molar-refractivity contribution in [2.45, 2.75) is 31.9 Å². The molecule has 0 aliphatic carbocycles. The summed E-state index contributed by atoms with van der Waals surface area (Å²) in [6.45, 7) is 2.16. The number of nitrogens with one attached hydrogen (secondary N) is 1. The van der Waals surface area contributed by atoms with E-state index >= 15 is 0 Å². The number of carbonyl (C=O) groups excluding carboxylic acids is 1. The standard InChI is InChI=1S/C25H25BF2N4O3/c1-15(31-24(33)25(2,27)28)23(16-7-10-22(34-3)29-13-16)35-20-8-9-21-17(11-20)14-30-32(21)19-6-4-5-18(26)12-19/h4-15,23H,26H2,1-3H3,(H,31,33)/t15?,23-/m0/s1. The fourth-order valence-electron chi connectivity index (χ4n) is 3.75. The first-order chi connectivity index (χ1) is 16.7. The summed E-state index contributed by atoms with van der Waals surface area (Å²) in [6, 6.07) is 16.1. The molecule has 35 heavy (non-hydrogen) atoms. The van der Waals surface area contributed by atoms with E-state index in [2.05, 4.69) is 15.4 Å². The van der Waals surface area contributed by atoms with Gasteiger partial charge in [0.2, 0.25) is 5.88 Å². The van der Waals surface area contributed by atoms with Crippen molar-refractivity contribution < 1.29 is 23.0 Å². The van der Waals surface area contributed by atoms with Gasteiger partial charge in [-0.25, -0.2) is 9.67 Å². The average Bonchev–Trinajstić information content (AvgIpc) is 3.25. The van der Waals surface area contributed by atoms with Crippen molar-refractivity contribution in [1.29, 1.82) is 0 Å². The number of hydrogen-bond donors (Lipinski definition) is 1. The van der Waals surface area contributed by atoms with Gasteiger partial charge in [-0.2, -0.15) is 13.9 Å². The maximum Gasteiger partial charge on any atom is 0.321 e. The first kappa shape index (κ1) is 24.2. The highest BCUT2D eigenvalue weighted by Crippen LogP contribution is 2.29. The molecule has 7 nitrogen and oxygen atoms in total. The van der Waals surface area contributed by atoms with E-state index in [1.165, 1.54) is 13.3 Å². The van der Waals surface area contributed by atoms with Gasteiger partial charge in [0.15, 0.2) is 0 Å². The number of rotatable bonds is 8. The first-order valence-corrected chi connectivity index (χ1v) is 11.1. The molecule has 2 heterocycles. The van der Waals surface area contributed by atoms with Crippen molar-refractivity contribution in [3.63, 3.8) is 0 Å². The highest BCUT2D eigenvalue weighted by Gasteiger charge is 2.35. The van der Waals surface area contributed by atoms with Crippen LogP contribution in [0.25, 0.3) is 16.6 Å². The molecule has 0 aliphatic heterocycles. The lowest BCUT2D eigenvalue weighted by molar-refractivity contribution is -0.144. The number of aromatic nitrogens is 3. The lowest BCUT2D eigenvalue weighted by atomic mass is 9.96. The second-order valence-corrected chi connectivity index (χ2v) is 8.44. The van der Waals surface area contributed by atoms with E-state index in [0.717, 1.165) is 22.1 Å². The second-order valence-electron chi connectivity index (χ2n) is 8.44. The monoisotopic (exact) mass is 478 g/mol. The van der Waals surface area contributed by atoms with Crippen molar-refractivity contribution in [3.05, 3.63) is 72.6 Å². The number of pyridine rings is 1. The molecule has 0 fully saturated rings. The van der Waals surface area contributed by atoms with Gasteiger partial charge >= 0.3 is 5.92 Å². The zero-order valence-electron chi connectivity index (χ0n) is 19.8. The van der Waals surface area contributed by atoms with Crippen LogP contribution in [0.2, 0.25) is 0 Å². The molecule has 180 valence electrons. The zero-order valence-corrected chi connectivity index (χ0v) is 19.8. The number of benzene rings is 2. The summed E-state index contributed by atoms with van der Waals surface area (Å²) in [7, 11) is 3.51. The van der Waals surface area contributed by atoms with E-state index in [1.807, 2.05) is 48.9 Å². The van der Waals surface area contributed by atoms with Crippen molar-refractivity contribution in [2.75, 3.05) is 7.11 Å². The van der Waals surface area contributed by atoms with Crippen molar-refractivity contribution >= 4 is 30.1 Å². The number of carbonyl (C=O) groups is 1. The summed E-state index contributed by atoms with van der Waals surface area (Å²) < 4.78 is 40.2. The number of methoxy groups -OCH3 is 1. The molecule has 0 saturated carbocycles. The molecule has 0 spiro atoms. The van der Waals surface area contributed by atoms with Gasteiger partial charge in [0.05, 0.1) is 30.6 Å². The first-order valence-electron chi connectivity index (χ1n) is 11.1. The molecule has 0 radical (unpaired) electrons. The number of amides is 1. The van der Waals surface area contributed by atoms with E-state index in [-0.39, 0.29) is 0 Å². The molecule has 4 aromatic rings. The number of alkyl halides is 2. The van der Waals surface area contributed by atoms with Crippen LogP contribution in [-0.2, 0) is 4.79 Å². The van der Waals surface area contributed by atoms with Gasteiger partial charge < -0.3 is 14.8 Å². The third-order valence-corrected chi connectivity index (χ3v) is 5.56. The van der Waals surface area contributed by atoms with Crippen LogP contribution in [0.1, 0.15) is 25.5 Å². The fourth-order valence-corrected chi connectivity index (χ4v) is 3.75. The molecule has 0 bridgehead atoms. The number of hydrogen-bond acceptors (Lipinski definition) is 5. The Morgan fingerprint density at radius 2 is 1.94 bits per heavy atom. The van der Waals surface area contributed by atoms with E-state index in [4.69, 9.17) is 9.47 Å². The van der Waals surface area contributed by atoms with Gasteiger partial charge in [-0.15, -0.1) is 0 Å². The van der Waals surface area contributed by atoms with E-state index < -0.39 is 24.0 Å². The zero-order chi connectivity index (χ0) is 25.2. The smallest absolute Gasteiger partial charge is 0.321 e. The predicted octanol–water partition coefficient (Wildman–Crippen LogP) is 2.97. The molecule has 1 unspecified atom stereocenters. The van der Waals surface area contributed by atoms with Gasteiger partial charge in [0, 0.05) is 30.1 Å².